The molecule has 0 unspecified atom stereocenters. The highest BCUT2D eigenvalue weighted by Gasteiger charge is 2.28. The summed E-state index contributed by atoms with van der Waals surface area (Å²) in [5.41, 5.74) is 3.73. The summed E-state index contributed by atoms with van der Waals surface area (Å²) >= 11 is 7.01. The molecule has 2 aromatic rings. The summed E-state index contributed by atoms with van der Waals surface area (Å²) in [5, 5.41) is 7.33. The Labute approximate surface area is 134 Å². The van der Waals surface area contributed by atoms with Crippen molar-refractivity contribution >= 4 is 44.9 Å². The van der Waals surface area contributed by atoms with Crippen molar-refractivity contribution in [3.05, 3.63) is 21.1 Å². The number of thiophene rings is 1. The second-order valence-corrected chi connectivity index (χ2v) is 8.12. The molecule has 1 aliphatic rings. The fourth-order valence-corrected chi connectivity index (χ4v) is 5.53. The predicted octanol–water partition coefficient (Wildman–Crippen LogP) is 3.99. The van der Waals surface area contributed by atoms with E-state index >= 15 is 0 Å². The minimum absolute atomic E-state index is 0.0436. The first-order valence-electron chi connectivity index (χ1n) is 6.44. The molecule has 4 nitrogen and oxygen atoms in total. The monoisotopic (exact) mass is 371 g/mol. The van der Waals surface area contributed by atoms with Gasteiger partial charge in [-0.25, -0.2) is 0 Å². The number of halogens is 1. The summed E-state index contributed by atoms with van der Waals surface area (Å²) in [6.45, 7) is 5.41. The van der Waals surface area contributed by atoms with Gasteiger partial charge in [0.25, 0.3) is 5.91 Å². The number of aromatic amines is 1. The van der Waals surface area contributed by atoms with Gasteiger partial charge in [-0.3, -0.25) is 9.89 Å². The molecule has 0 aliphatic carbocycles. The van der Waals surface area contributed by atoms with Crippen LogP contribution in [0.25, 0.3) is 11.3 Å². The van der Waals surface area contributed by atoms with Gasteiger partial charge >= 0.3 is 0 Å². The third-order valence-corrected chi connectivity index (χ3v) is 6.35. The van der Waals surface area contributed by atoms with E-state index in [2.05, 4.69) is 32.2 Å². The van der Waals surface area contributed by atoms with E-state index in [1.54, 1.807) is 23.1 Å². The maximum atomic E-state index is 12.5. The lowest BCUT2D eigenvalue weighted by atomic mass is 10.1. The number of hydrogen-bond acceptors (Lipinski definition) is 4. The molecule has 0 bridgehead atoms. The Kier molecular flexibility index (Phi) is 3.92. The van der Waals surface area contributed by atoms with Crippen LogP contribution in [0.1, 0.15) is 29.9 Å². The number of thioether (sulfide) groups is 1. The summed E-state index contributed by atoms with van der Waals surface area (Å²) in [6, 6.07) is 2.08. The molecule has 7 heteroatoms. The molecular weight excluding hydrogens is 358 g/mol. The van der Waals surface area contributed by atoms with Crippen LogP contribution >= 0.6 is 39.0 Å². The smallest absolute Gasteiger partial charge is 0.272 e. The first-order valence-corrected chi connectivity index (χ1v) is 9.04. The number of nitrogens with one attached hydrogen (secondary N) is 1. The molecule has 3 rings (SSSR count). The Balaban J connectivity index is 2.03. The Hall–Kier alpha value is -0.790. The molecule has 3 heterocycles. The van der Waals surface area contributed by atoms with E-state index in [0.717, 1.165) is 26.4 Å². The lowest BCUT2D eigenvalue weighted by Gasteiger charge is -2.19. The quantitative estimate of drug-likeness (QED) is 0.887. The van der Waals surface area contributed by atoms with Crippen LogP contribution in [-0.2, 0) is 5.75 Å². The molecule has 0 saturated heterocycles. The molecule has 1 N–H and O–H groups in total. The van der Waals surface area contributed by atoms with E-state index in [9.17, 15) is 4.79 Å². The standard InChI is InChI=1S/C13H14BrN3OS2/c1-3-17(4-2)12(18)11-8-6-19-13-7(5-9(14)20-13)10(8)15-16-11/h5H,3-4,6H2,1-2H3,(H,15,16). The Bertz CT molecular complexity index is 661. The van der Waals surface area contributed by atoms with Gasteiger partial charge in [0, 0.05) is 30.0 Å². The number of amides is 1. The molecule has 20 heavy (non-hydrogen) atoms. The Morgan fingerprint density at radius 2 is 2.25 bits per heavy atom. The van der Waals surface area contributed by atoms with Crippen molar-refractivity contribution in [2.24, 2.45) is 0 Å². The van der Waals surface area contributed by atoms with Gasteiger partial charge in [-0.1, -0.05) is 0 Å². The number of carbonyl (C=O) groups excluding carboxylic acids is 1. The summed E-state index contributed by atoms with van der Waals surface area (Å²) in [7, 11) is 0. The van der Waals surface area contributed by atoms with Crippen molar-refractivity contribution < 1.29 is 4.79 Å². The van der Waals surface area contributed by atoms with Crippen LogP contribution in [0.15, 0.2) is 14.1 Å². The van der Waals surface area contributed by atoms with Crippen molar-refractivity contribution in [1.82, 2.24) is 15.1 Å². The van der Waals surface area contributed by atoms with Crippen molar-refractivity contribution in [3.8, 4) is 11.3 Å². The third kappa shape index (κ3) is 2.21. The summed E-state index contributed by atoms with van der Waals surface area (Å²) in [4.78, 5) is 14.3. The number of nitrogens with zero attached hydrogens (tertiary/aromatic N) is 2. The zero-order valence-electron chi connectivity index (χ0n) is 11.2. The van der Waals surface area contributed by atoms with E-state index in [4.69, 9.17) is 0 Å². The highest BCUT2D eigenvalue weighted by Crippen LogP contribution is 2.47. The van der Waals surface area contributed by atoms with Gasteiger partial charge in [0.1, 0.15) is 5.69 Å². The zero-order chi connectivity index (χ0) is 14.3. The number of rotatable bonds is 3. The van der Waals surface area contributed by atoms with Crippen LogP contribution in [0.2, 0.25) is 0 Å². The van der Waals surface area contributed by atoms with E-state index in [-0.39, 0.29) is 5.91 Å². The fraction of sp³-hybridized carbons (Fsp3) is 0.385. The van der Waals surface area contributed by atoms with Crippen molar-refractivity contribution in [3.63, 3.8) is 0 Å². The fourth-order valence-electron chi connectivity index (χ4n) is 2.33. The average Bonchev–Trinajstić information content (AvgIpc) is 3.01. The van der Waals surface area contributed by atoms with Crippen molar-refractivity contribution in [1.29, 1.82) is 0 Å². The van der Waals surface area contributed by atoms with Crippen LogP contribution < -0.4 is 0 Å². The van der Waals surface area contributed by atoms with Gasteiger partial charge in [-0.05, 0) is 35.8 Å². The van der Waals surface area contributed by atoms with Crippen molar-refractivity contribution in [2.45, 2.75) is 23.8 Å². The normalized spacial score (nSPS) is 12.9. The Morgan fingerprint density at radius 1 is 1.50 bits per heavy atom. The third-order valence-electron chi connectivity index (χ3n) is 3.40. The van der Waals surface area contributed by atoms with Crippen LogP contribution in [0.5, 0.6) is 0 Å². The lowest BCUT2D eigenvalue weighted by molar-refractivity contribution is 0.0766. The minimum atomic E-state index is 0.0436. The second-order valence-electron chi connectivity index (χ2n) is 4.44. The molecule has 0 saturated carbocycles. The van der Waals surface area contributed by atoms with Gasteiger partial charge in [0.15, 0.2) is 0 Å². The van der Waals surface area contributed by atoms with E-state index in [0.29, 0.717) is 18.8 Å². The average molecular weight is 372 g/mol. The zero-order valence-corrected chi connectivity index (χ0v) is 14.4. The number of fused-ring (bicyclic) bond motifs is 3. The van der Waals surface area contributed by atoms with Crippen LogP contribution in [0.3, 0.4) is 0 Å². The van der Waals surface area contributed by atoms with Gasteiger partial charge in [-0.15, -0.1) is 23.1 Å². The second kappa shape index (κ2) is 5.54. The largest absolute Gasteiger partial charge is 0.338 e. The molecule has 106 valence electrons. The summed E-state index contributed by atoms with van der Waals surface area (Å²) < 4.78 is 2.36. The van der Waals surface area contributed by atoms with Crippen LogP contribution in [0.4, 0.5) is 0 Å². The van der Waals surface area contributed by atoms with Crippen LogP contribution in [0, 0.1) is 0 Å². The van der Waals surface area contributed by atoms with E-state index < -0.39 is 0 Å². The van der Waals surface area contributed by atoms with E-state index in [1.165, 1.54) is 4.21 Å². The molecule has 0 fully saturated rings. The predicted molar refractivity (Wildman–Crippen MR) is 86.4 cm³/mol. The SMILES string of the molecule is CCN(CC)C(=O)c1[nH]nc2c1CSc1sc(Br)cc1-2. The maximum absolute atomic E-state index is 12.5. The molecule has 2 aromatic heterocycles. The number of carbonyl (C=O) groups is 1. The Morgan fingerprint density at radius 3 is 2.95 bits per heavy atom. The van der Waals surface area contributed by atoms with Gasteiger partial charge in [-0.2, -0.15) is 5.10 Å². The van der Waals surface area contributed by atoms with Crippen molar-refractivity contribution in [2.75, 3.05) is 13.1 Å². The number of hydrogen-bond donors (Lipinski definition) is 1. The van der Waals surface area contributed by atoms with Gasteiger partial charge in [0.2, 0.25) is 0 Å². The lowest BCUT2D eigenvalue weighted by Crippen LogP contribution is -2.31. The highest BCUT2D eigenvalue weighted by molar-refractivity contribution is 9.11. The first-order chi connectivity index (χ1) is 9.65. The maximum Gasteiger partial charge on any atom is 0.272 e. The molecular formula is C13H14BrN3OS2. The molecule has 0 spiro atoms. The molecule has 0 radical (unpaired) electrons. The number of H-pyrrole nitrogens is 1. The van der Waals surface area contributed by atoms with Gasteiger partial charge < -0.3 is 4.90 Å². The number of aromatic nitrogens is 2. The molecule has 0 atom stereocenters. The summed E-state index contributed by atoms with van der Waals surface area (Å²) in [5.74, 6) is 0.843. The first kappa shape index (κ1) is 14.2. The molecule has 1 amide bonds. The van der Waals surface area contributed by atoms with E-state index in [1.807, 2.05) is 18.7 Å². The molecule has 0 aromatic carbocycles. The topological polar surface area (TPSA) is 49.0 Å². The highest BCUT2D eigenvalue weighted by atomic mass is 79.9. The van der Waals surface area contributed by atoms with Gasteiger partial charge in [0.05, 0.1) is 13.7 Å². The minimum Gasteiger partial charge on any atom is -0.338 e. The summed E-state index contributed by atoms with van der Waals surface area (Å²) in [6.07, 6.45) is 0. The van der Waals surface area contributed by atoms with Crippen LogP contribution in [-0.4, -0.2) is 34.1 Å². The molecule has 1 aliphatic heterocycles.